The van der Waals surface area contributed by atoms with E-state index in [9.17, 15) is 14.4 Å². The molecule has 0 aliphatic carbocycles. The number of para-hydroxylation sites is 1. The number of hydrogen-bond donors (Lipinski definition) is 3. The lowest BCUT2D eigenvalue weighted by atomic mass is 10.1. The number of alkyl carbamates (subject to hydrolysis) is 1. The molecular weight excluding hydrogens is 592 g/mol. The summed E-state index contributed by atoms with van der Waals surface area (Å²) < 4.78 is 15.0. The zero-order valence-electron chi connectivity index (χ0n) is 26.3. The minimum absolute atomic E-state index is 0.342. The summed E-state index contributed by atoms with van der Waals surface area (Å²) in [4.78, 5) is 48.8. The Labute approximate surface area is 264 Å². The quantitative estimate of drug-likeness (QED) is 0.284. The molecule has 235 valence electrons. The van der Waals surface area contributed by atoms with Gasteiger partial charge in [-0.3, -0.25) is 19.9 Å². The Hall–Kier alpha value is -4.72. The first-order valence-electron chi connectivity index (χ1n) is 14.7. The molecule has 0 spiro atoms. The summed E-state index contributed by atoms with van der Waals surface area (Å²) in [5, 5.41) is 11.3. The van der Waals surface area contributed by atoms with Crippen LogP contribution in [-0.4, -0.2) is 69.8 Å². The third-order valence-corrected chi connectivity index (χ3v) is 7.44. The van der Waals surface area contributed by atoms with Gasteiger partial charge >= 0.3 is 6.09 Å². The van der Waals surface area contributed by atoms with Gasteiger partial charge in [0, 0.05) is 24.8 Å². The first-order chi connectivity index (χ1) is 21.2. The maximum absolute atomic E-state index is 13.6. The van der Waals surface area contributed by atoms with Crippen LogP contribution in [0.15, 0.2) is 36.5 Å². The van der Waals surface area contributed by atoms with Crippen molar-refractivity contribution in [3.63, 3.8) is 0 Å². The summed E-state index contributed by atoms with van der Waals surface area (Å²) in [6.45, 7) is 9.55. The number of nitrogens with one attached hydrogen (secondary N) is 3. The summed E-state index contributed by atoms with van der Waals surface area (Å²) >= 11 is 0. The van der Waals surface area contributed by atoms with E-state index in [1.165, 1.54) is 6.92 Å². The molecule has 2 bridgehead atoms. The Morgan fingerprint density at radius 1 is 1.11 bits per heavy atom. The highest BCUT2D eigenvalue weighted by atomic mass is 28.1. The largest absolute Gasteiger partial charge is 0.477 e. The van der Waals surface area contributed by atoms with Crippen molar-refractivity contribution in [1.29, 1.82) is 0 Å². The molecule has 0 saturated heterocycles. The molecule has 1 aromatic carbocycles. The summed E-state index contributed by atoms with van der Waals surface area (Å²) in [5.74, 6) is 0.0435. The fourth-order valence-corrected chi connectivity index (χ4v) is 5.18. The highest BCUT2D eigenvalue weighted by molar-refractivity contribution is 6.31. The van der Waals surface area contributed by atoms with Gasteiger partial charge in [-0.2, -0.15) is 5.10 Å². The van der Waals surface area contributed by atoms with Crippen LogP contribution in [-0.2, 0) is 23.1 Å². The molecule has 0 fully saturated rings. The number of imidazole rings is 1. The molecule has 1 atom stereocenters. The van der Waals surface area contributed by atoms with Crippen molar-refractivity contribution in [2.45, 2.75) is 71.2 Å². The van der Waals surface area contributed by atoms with E-state index in [-0.39, 0.29) is 5.91 Å². The van der Waals surface area contributed by atoms with Gasteiger partial charge in [0.05, 0.1) is 51.0 Å². The van der Waals surface area contributed by atoms with E-state index in [0.29, 0.717) is 64.2 Å². The summed E-state index contributed by atoms with van der Waals surface area (Å²) in [7, 11) is 5.20. The molecule has 3 amide bonds. The number of pyridine rings is 1. The summed E-state index contributed by atoms with van der Waals surface area (Å²) in [5.41, 5.74) is 3.29. The maximum Gasteiger partial charge on any atom is 0.408 e. The summed E-state index contributed by atoms with van der Waals surface area (Å²) in [6.07, 6.45) is 3.31. The van der Waals surface area contributed by atoms with Crippen LogP contribution < -0.4 is 20.7 Å². The number of amides is 3. The zero-order chi connectivity index (χ0) is 32.5. The Morgan fingerprint density at radius 3 is 2.64 bits per heavy atom. The second kappa shape index (κ2) is 12.3. The van der Waals surface area contributed by atoms with Gasteiger partial charge in [0.15, 0.2) is 0 Å². The van der Waals surface area contributed by atoms with Gasteiger partial charge in [0.2, 0.25) is 17.7 Å². The first kappa shape index (κ1) is 31.7. The van der Waals surface area contributed by atoms with Crippen LogP contribution in [0.4, 0.5) is 16.4 Å². The molecule has 5 rings (SSSR count). The number of carbonyl (C=O) groups is 3. The molecule has 4 aromatic rings. The molecule has 3 aromatic heterocycles. The fourth-order valence-electron chi connectivity index (χ4n) is 5.01. The Kier molecular flexibility index (Phi) is 8.69. The molecule has 14 heteroatoms. The monoisotopic (exact) mass is 629 g/mol. The average molecular weight is 630 g/mol. The number of hydrogen-bond acceptors (Lipinski definition) is 8. The molecule has 3 radical (unpaired) electrons. The number of fused-ring (bicyclic) bond motifs is 7. The van der Waals surface area contributed by atoms with Crippen molar-refractivity contribution in [2.24, 2.45) is 7.05 Å². The second-order valence-electron chi connectivity index (χ2n) is 12.2. The van der Waals surface area contributed by atoms with Crippen LogP contribution in [0.2, 0.25) is 0 Å². The van der Waals surface area contributed by atoms with E-state index in [2.05, 4.69) is 36.3 Å². The number of rotatable bonds is 3. The molecule has 1 unspecified atom stereocenters. The van der Waals surface area contributed by atoms with Crippen LogP contribution in [0.1, 0.15) is 63.0 Å². The van der Waals surface area contributed by atoms with Crippen LogP contribution >= 0.6 is 0 Å². The number of benzene rings is 1. The molecular formula is C31H37N8O5Si. The number of anilines is 2. The Bertz CT molecular complexity index is 1770. The minimum atomic E-state index is -1.48. The van der Waals surface area contributed by atoms with Crippen LogP contribution in [0, 0.1) is 6.92 Å². The zero-order valence-corrected chi connectivity index (χ0v) is 27.3. The highest BCUT2D eigenvalue weighted by Gasteiger charge is 2.32. The summed E-state index contributed by atoms with van der Waals surface area (Å²) in [6, 6.07) is 8.74. The Morgan fingerprint density at radius 2 is 1.89 bits per heavy atom. The lowest BCUT2D eigenvalue weighted by Crippen LogP contribution is -2.56. The van der Waals surface area contributed by atoms with Crippen LogP contribution in [0.5, 0.6) is 5.88 Å². The lowest BCUT2D eigenvalue weighted by molar-refractivity contribution is -0.119. The molecule has 0 saturated carbocycles. The predicted molar refractivity (Wildman–Crippen MR) is 170 cm³/mol. The van der Waals surface area contributed by atoms with Gasteiger partial charge in [-0.15, -0.1) is 0 Å². The number of aromatic nitrogens is 5. The molecule has 45 heavy (non-hydrogen) atoms. The highest BCUT2D eigenvalue weighted by Crippen LogP contribution is 2.31. The lowest BCUT2D eigenvalue weighted by Gasteiger charge is -2.27. The van der Waals surface area contributed by atoms with Gasteiger partial charge in [-0.1, -0.05) is 6.07 Å². The third-order valence-electron chi connectivity index (χ3n) is 7.09. The van der Waals surface area contributed by atoms with Crippen LogP contribution in [0.3, 0.4) is 0 Å². The van der Waals surface area contributed by atoms with Crippen molar-refractivity contribution in [3.8, 4) is 17.1 Å². The average Bonchev–Trinajstić information content (AvgIpc) is 3.48. The van der Waals surface area contributed by atoms with Crippen molar-refractivity contribution in [2.75, 3.05) is 17.2 Å². The van der Waals surface area contributed by atoms with Crippen molar-refractivity contribution in [3.05, 3.63) is 47.8 Å². The number of ether oxygens (including phenoxy) is 2. The molecule has 3 N–H and O–H groups in total. The topological polar surface area (TPSA) is 154 Å². The van der Waals surface area contributed by atoms with Gasteiger partial charge in [-0.05, 0) is 78.1 Å². The molecule has 1 aliphatic heterocycles. The van der Waals surface area contributed by atoms with Crippen LogP contribution in [0.25, 0.3) is 22.3 Å². The first-order valence-corrected chi connectivity index (χ1v) is 15.2. The minimum Gasteiger partial charge on any atom is -0.477 e. The van der Waals surface area contributed by atoms with Gasteiger partial charge in [0.25, 0.3) is 5.91 Å². The number of nitrogens with zero attached hydrogens (tertiary/aromatic N) is 5. The SMILES string of the molecule is Cc1cc2cc(n1)-c1cnn(C)c1OCCCCCn1c(nc3cccc(NC(=O)C(C)([Si])NC(=O)OC(C)(C)C)c31)NC2=O. The Balaban J connectivity index is 1.49. The molecule has 1 aliphatic rings. The van der Waals surface area contributed by atoms with Crippen molar-refractivity contribution >= 4 is 50.8 Å². The number of aryl methyl sites for hydroxylation is 3. The van der Waals surface area contributed by atoms with E-state index in [1.807, 2.05) is 24.6 Å². The van der Waals surface area contributed by atoms with Gasteiger partial charge < -0.3 is 24.7 Å². The fraction of sp³-hybridized carbons (Fsp3) is 0.419. The maximum atomic E-state index is 13.6. The van der Waals surface area contributed by atoms with E-state index in [1.54, 1.807) is 55.9 Å². The molecule has 13 nitrogen and oxygen atoms in total. The van der Waals surface area contributed by atoms with E-state index in [0.717, 1.165) is 19.3 Å². The van der Waals surface area contributed by atoms with E-state index in [4.69, 9.17) is 14.5 Å². The molecule has 4 heterocycles. The second-order valence-corrected chi connectivity index (χ2v) is 13.2. The normalized spacial score (nSPS) is 15.3. The van der Waals surface area contributed by atoms with Gasteiger partial charge in [0.1, 0.15) is 10.8 Å². The van der Waals surface area contributed by atoms with Crippen molar-refractivity contribution in [1.82, 2.24) is 29.6 Å². The van der Waals surface area contributed by atoms with E-state index >= 15 is 0 Å². The smallest absolute Gasteiger partial charge is 0.408 e. The third kappa shape index (κ3) is 7.17. The van der Waals surface area contributed by atoms with E-state index < -0.39 is 22.8 Å². The number of carbonyl (C=O) groups excluding carboxylic acids is 3. The van der Waals surface area contributed by atoms with Gasteiger partial charge in [-0.25, -0.2) is 14.5 Å². The predicted octanol–water partition coefficient (Wildman–Crippen LogP) is 4.30. The van der Waals surface area contributed by atoms with Crippen molar-refractivity contribution < 1.29 is 23.9 Å². The standard InChI is InChI=1S/C31H37N8O5Si/c1-18-15-19-16-23(33-18)20-17-32-38(6)26(20)43-14-9-7-8-13-39-24-21(11-10-12-22(24)35-28(39)36-25(19)40)34-27(41)31(5,45)37-29(42)44-30(2,3)4/h10-12,15-17H,7-9,13-14H2,1-6H3,(H,34,41)(H,37,42)(H,35,36,40).